The first-order valence-electron chi connectivity index (χ1n) is 27.5. The normalized spacial score (nSPS) is 19.3. The Morgan fingerprint density at radius 3 is 1.42 bits per heavy atom. The Bertz CT molecular complexity index is 1730. The number of allylic oxidation sites excluding steroid dienone is 20. The molecule has 0 bridgehead atoms. The molecule has 6 atom stereocenters. The molecule has 0 aromatic heterocycles. The molecule has 0 aromatic carbocycles. The van der Waals surface area contributed by atoms with Gasteiger partial charge in [-0.05, 0) is 109 Å². The molecule has 1 aliphatic heterocycles. The van der Waals surface area contributed by atoms with Gasteiger partial charge in [0.2, 0.25) is 0 Å². The summed E-state index contributed by atoms with van der Waals surface area (Å²) in [5, 5.41) is 31.4. The number of carbonyl (C=O) groups is 4. The molecule has 0 radical (unpaired) electrons. The Labute approximate surface area is 439 Å². The monoisotopic (exact) mass is 1020 g/mol. The third-order valence-corrected chi connectivity index (χ3v) is 11.5. The molecule has 1 fully saturated rings. The number of unbranched alkanes of at least 4 members (excludes halogenated alkanes) is 10. The maximum absolute atomic E-state index is 13.1. The fraction of sp³-hybridized carbons (Fsp3) is 0.607. The number of carboxylic acids is 1. The lowest BCUT2D eigenvalue weighted by Gasteiger charge is -2.40. The van der Waals surface area contributed by atoms with E-state index in [0.29, 0.717) is 25.7 Å². The number of aliphatic hydroxyl groups is 2. The molecule has 1 saturated heterocycles. The Balaban J connectivity index is 2.80. The van der Waals surface area contributed by atoms with Crippen molar-refractivity contribution in [2.45, 2.75) is 225 Å². The van der Waals surface area contributed by atoms with Crippen molar-refractivity contribution < 1.29 is 58.2 Å². The molecule has 1 heterocycles. The van der Waals surface area contributed by atoms with Crippen molar-refractivity contribution in [2.24, 2.45) is 0 Å². The van der Waals surface area contributed by atoms with Crippen molar-refractivity contribution >= 4 is 23.9 Å². The van der Waals surface area contributed by atoms with Crippen LogP contribution < -0.4 is 0 Å². The highest BCUT2D eigenvalue weighted by Crippen LogP contribution is 2.26. The van der Waals surface area contributed by atoms with E-state index in [2.05, 4.69) is 118 Å². The highest BCUT2D eigenvalue weighted by molar-refractivity contribution is 5.74. The molecule has 6 unspecified atom stereocenters. The fourth-order valence-corrected chi connectivity index (χ4v) is 7.35. The van der Waals surface area contributed by atoms with Gasteiger partial charge in [-0.2, -0.15) is 0 Å². The lowest BCUT2D eigenvalue weighted by molar-refractivity contribution is -0.301. The second kappa shape index (κ2) is 48.1. The molecule has 0 aliphatic carbocycles. The molecule has 410 valence electrons. The summed E-state index contributed by atoms with van der Waals surface area (Å²) in [6.07, 6.45) is 53.4. The van der Waals surface area contributed by atoms with Crippen molar-refractivity contribution in [3.05, 3.63) is 122 Å². The standard InChI is InChI=1S/C61H94O12/c1-4-7-10-13-16-19-22-25-26-27-28-31-34-37-40-43-46-49-55(64)72-59-57(66)56(65)58(60(67)68)73-61(59)70-51-52(71-54(63)48-45-42-39-36-33-30-24-21-18-15-12-9-6-3)50-69-53(62)47-44-41-38-35-32-29-23-20-17-14-11-8-5-2/h7-8,10-11,16-17,19-21,24-26,28-29,31-32,37-38,40-41,52,56-59,61,65-66H,4-6,9,12-15,18,22-23,27,30,33-36,39,42-51H2,1-3H3,(H,67,68)/b10-7-,11-8-,19-16-,20-17-,24-21-,26-25-,31-28-,32-29-,40-37-,41-38-. The van der Waals surface area contributed by atoms with Crippen LogP contribution >= 0.6 is 0 Å². The third kappa shape index (κ3) is 38.4. The molecule has 12 nitrogen and oxygen atoms in total. The van der Waals surface area contributed by atoms with Crippen molar-refractivity contribution in [2.75, 3.05) is 13.2 Å². The Kier molecular flexibility index (Phi) is 43.6. The van der Waals surface area contributed by atoms with E-state index in [1.54, 1.807) is 0 Å². The number of hydrogen-bond donors (Lipinski definition) is 3. The third-order valence-electron chi connectivity index (χ3n) is 11.5. The van der Waals surface area contributed by atoms with E-state index < -0.39 is 67.3 Å². The Morgan fingerprint density at radius 2 is 0.904 bits per heavy atom. The topological polar surface area (TPSA) is 175 Å². The molecule has 0 amide bonds. The van der Waals surface area contributed by atoms with Crippen LogP contribution in [0.5, 0.6) is 0 Å². The molecule has 12 heteroatoms. The second-order valence-corrected chi connectivity index (χ2v) is 18.1. The van der Waals surface area contributed by atoms with Gasteiger partial charge >= 0.3 is 23.9 Å². The number of ether oxygens (including phenoxy) is 5. The molecule has 73 heavy (non-hydrogen) atoms. The van der Waals surface area contributed by atoms with E-state index >= 15 is 0 Å². The van der Waals surface area contributed by atoms with Crippen LogP contribution in [0.1, 0.15) is 188 Å². The fourth-order valence-electron chi connectivity index (χ4n) is 7.35. The van der Waals surface area contributed by atoms with Crippen LogP contribution in [-0.2, 0) is 42.9 Å². The van der Waals surface area contributed by atoms with Crippen molar-refractivity contribution in [3.63, 3.8) is 0 Å². The molecule has 3 N–H and O–H groups in total. The molecule has 0 saturated carbocycles. The molecule has 1 aliphatic rings. The summed E-state index contributed by atoms with van der Waals surface area (Å²) >= 11 is 0. The largest absolute Gasteiger partial charge is 0.479 e. The average molecular weight is 1020 g/mol. The first kappa shape index (κ1) is 66.1. The number of carboxylic acid groups (broad SMARTS) is 1. The van der Waals surface area contributed by atoms with Gasteiger partial charge in [0.15, 0.2) is 24.6 Å². The Hall–Kier alpha value is -4.88. The zero-order valence-electron chi connectivity index (χ0n) is 44.8. The maximum Gasteiger partial charge on any atom is 0.335 e. The summed E-state index contributed by atoms with van der Waals surface area (Å²) in [5.41, 5.74) is 0. The summed E-state index contributed by atoms with van der Waals surface area (Å²) in [4.78, 5) is 50.9. The second-order valence-electron chi connectivity index (χ2n) is 18.1. The number of rotatable bonds is 44. The zero-order chi connectivity index (χ0) is 53.3. The van der Waals surface area contributed by atoms with E-state index in [0.717, 1.165) is 96.3 Å². The van der Waals surface area contributed by atoms with Gasteiger partial charge in [-0.3, -0.25) is 14.4 Å². The Morgan fingerprint density at radius 1 is 0.466 bits per heavy atom. The minimum Gasteiger partial charge on any atom is -0.479 e. The molecule has 0 spiro atoms. The van der Waals surface area contributed by atoms with Crippen molar-refractivity contribution in [1.29, 1.82) is 0 Å². The number of carbonyl (C=O) groups excluding carboxylic acids is 3. The smallest absolute Gasteiger partial charge is 0.335 e. The number of aliphatic hydroxyl groups excluding tert-OH is 2. The number of hydrogen-bond acceptors (Lipinski definition) is 11. The minimum absolute atomic E-state index is 0.0317. The summed E-state index contributed by atoms with van der Waals surface area (Å²) in [7, 11) is 0. The van der Waals surface area contributed by atoms with Crippen molar-refractivity contribution in [3.8, 4) is 0 Å². The summed E-state index contributed by atoms with van der Waals surface area (Å²) in [6, 6.07) is 0. The van der Waals surface area contributed by atoms with Gasteiger partial charge in [0.1, 0.15) is 18.8 Å². The minimum atomic E-state index is -1.94. The summed E-state index contributed by atoms with van der Waals surface area (Å²) in [5.74, 6) is -3.34. The predicted molar refractivity (Wildman–Crippen MR) is 293 cm³/mol. The van der Waals surface area contributed by atoms with E-state index in [1.165, 1.54) is 25.7 Å². The summed E-state index contributed by atoms with van der Waals surface area (Å²) in [6.45, 7) is 5.62. The number of aliphatic carboxylic acids is 1. The van der Waals surface area contributed by atoms with Gasteiger partial charge in [-0.1, -0.05) is 181 Å². The average Bonchev–Trinajstić information content (AvgIpc) is 3.37. The lowest BCUT2D eigenvalue weighted by atomic mass is 9.98. The summed E-state index contributed by atoms with van der Waals surface area (Å²) < 4.78 is 28.2. The molecular weight excluding hydrogens is 925 g/mol. The molecule has 0 aromatic rings. The van der Waals surface area contributed by atoms with Crippen LogP contribution in [0, 0.1) is 0 Å². The van der Waals surface area contributed by atoms with E-state index in [-0.39, 0.29) is 25.9 Å². The van der Waals surface area contributed by atoms with Gasteiger partial charge in [0.25, 0.3) is 0 Å². The van der Waals surface area contributed by atoms with Crippen LogP contribution in [-0.4, -0.2) is 89.2 Å². The predicted octanol–water partition coefficient (Wildman–Crippen LogP) is 13.7. The zero-order valence-corrected chi connectivity index (χ0v) is 44.8. The SMILES string of the molecule is CC/C=C\C/C=C\C/C=C\C/C=C\C/C=C\CCCC(=O)OC1C(OCC(COC(=O)CC/C=C\C/C=C\C/C=C\C/C=C\CC)OC(=O)CCCCCCC/C=C\CCCCCC)OC(C(=O)O)C(O)C1O. The highest BCUT2D eigenvalue weighted by atomic mass is 16.7. The van der Waals surface area contributed by atoms with Gasteiger partial charge in [-0.25, -0.2) is 4.79 Å². The first-order chi connectivity index (χ1) is 35.6. The van der Waals surface area contributed by atoms with Crippen molar-refractivity contribution in [1.82, 2.24) is 0 Å². The van der Waals surface area contributed by atoms with Crippen LogP contribution in [0.25, 0.3) is 0 Å². The van der Waals surface area contributed by atoms with E-state index in [4.69, 9.17) is 23.7 Å². The molecule has 1 rings (SSSR count). The first-order valence-corrected chi connectivity index (χ1v) is 27.5. The van der Waals surface area contributed by atoms with Crippen LogP contribution in [0.4, 0.5) is 0 Å². The number of esters is 3. The van der Waals surface area contributed by atoms with Crippen LogP contribution in [0.15, 0.2) is 122 Å². The molecular formula is C61H94O12. The maximum atomic E-state index is 13.1. The van der Waals surface area contributed by atoms with E-state index in [9.17, 15) is 34.5 Å². The van der Waals surface area contributed by atoms with Gasteiger partial charge < -0.3 is 39.0 Å². The lowest BCUT2D eigenvalue weighted by Crippen LogP contribution is -2.61. The van der Waals surface area contributed by atoms with E-state index in [1.807, 2.05) is 24.3 Å². The van der Waals surface area contributed by atoms with Gasteiger partial charge in [0.05, 0.1) is 6.61 Å². The highest BCUT2D eigenvalue weighted by Gasteiger charge is 2.50. The van der Waals surface area contributed by atoms with Crippen LogP contribution in [0.2, 0.25) is 0 Å². The van der Waals surface area contributed by atoms with Crippen LogP contribution in [0.3, 0.4) is 0 Å². The van der Waals surface area contributed by atoms with Gasteiger partial charge in [0, 0.05) is 19.3 Å². The quantitative estimate of drug-likeness (QED) is 0.0228. The van der Waals surface area contributed by atoms with Gasteiger partial charge in [-0.15, -0.1) is 0 Å².